The Morgan fingerprint density at radius 2 is 1.68 bits per heavy atom. The molecule has 2 aromatic rings. The Labute approximate surface area is 204 Å². The van der Waals surface area contributed by atoms with Crippen LogP contribution in [-0.2, 0) is 26.2 Å². The monoisotopic (exact) mass is 487 g/mol. The number of anilines is 1. The summed E-state index contributed by atoms with van der Waals surface area (Å²) in [5.41, 5.74) is 3.11. The summed E-state index contributed by atoms with van der Waals surface area (Å²) < 4.78 is 26.5. The van der Waals surface area contributed by atoms with E-state index in [1.807, 2.05) is 58.0 Å². The van der Waals surface area contributed by atoms with E-state index in [2.05, 4.69) is 5.32 Å². The molecule has 2 atom stereocenters. The van der Waals surface area contributed by atoms with Crippen molar-refractivity contribution >= 4 is 27.5 Å². The van der Waals surface area contributed by atoms with Crippen LogP contribution in [0.1, 0.15) is 50.3 Å². The number of benzene rings is 2. The maximum Gasteiger partial charge on any atom is 0.244 e. The van der Waals surface area contributed by atoms with Gasteiger partial charge in [0.05, 0.1) is 11.9 Å². The van der Waals surface area contributed by atoms with Crippen LogP contribution < -0.4 is 9.62 Å². The van der Waals surface area contributed by atoms with Gasteiger partial charge >= 0.3 is 0 Å². The maximum atomic E-state index is 13.7. The lowest BCUT2D eigenvalue weighted by molar-refractivity contribution is -0.140. The van der Waals surface area contributed by atoms with Gasteiger partial charge in [-0.15, -0.1) is 0 Å². The van der Waals surface area contributed by atoms with Gasteiger partial charge in [0.25, 0.3) is 0 Å². The Hall–Kier alpha value is -2.87. The molecule has 186 valence electrons. The molecular weight excluding hydrogens is 450 g/mol. The first-order valence-electron chi connectivity index (χ1n) is 11.7. The molecule has 0 heterocycles. The molecule has 8 heteroatoms. The molecule has 2 amide bonds. The van der Waals surface area contributed by atoms with Gasteiger partial charge in [0.15, 0.2) is 0 Å². The second-order valence-corrected chi connectivity index (χ2v) is 10.7. The van der Waals surface area contributed by atoms with E-state index in [-0.39, 0.29) is 25.0 Å². The van der Waals surface area contributed by atoms with Crippen LogP contribution in [0.4, 0.5) is 5.69 Å². The number of carbonyl (C=O) groups excluding carboxylic acids is 2. The van der Waals surface area contributed by atoms with E-state index in [1.165, 1.54) is 4.90 Å². The van der Waals surface area contributed by atoms with Crippen LogP contribution in [-0.4, -0.2) is 50.0 Å². The summed E-state index contributed by atoms with van der Waals surface area (Å²) >= 11 is 0. The number of sulfonamides is 1. The standard InChI is InChI=1S/C26H37N3O4S/c1-7-21(5)27-26(31)23(8-2)28(17-22-14-11-12-19(3)16-22)25(30)18-29(34(6,32)33)24-15-10-9-13-20(24)4/h9-16,21,23H,7-8,17-18H2,1-6H3,(H,27,31). The van der Waals surface area contributed by atoms with Crippen LogP contribution in [0.25, 0.3) is 0 Å². The Balaban J connectivity index is 2.45. The van der Waals surface area contributed by atoms with Crippen molar-refractivity contribution in [2.45, 2.75) is 66.1 Å². The number of carbonyl (C=O) groups is 2. The number of nitrogens with zero attached hydrogens (tertiary/aromatic N) is 2. The zero-order valence-electron chi connectivity index (χ0n) is 21.0. The van der Waals surface area contributed by atoms with Crippen molar-refractivity contribution in [3.05, 3.63) is 65.2 Å². The highest BCUT2D eigenvalue weighted by Gasteiger charge is 2.32. The lowest BCUT2D eigenvalue weighted by Crippen LogP contribution is -2.53. The average Bonchev–Trinajstić information content (AvgIpc) is 2.77. The highest BCUT2D eigenvalue weighted by molar-refractivity contribution is 7.92. The molecule has 2 unspecified atom stereocenters. The van der Waals surface area contributed by atoms with Gasteiger partial charge in [-0.25, -0.2) is 8.42 Å². The van der Waals surface area contributed by atoms with Gasteiger partial charge in [0.2, 0.25) is 21.8 Å². The van der Waals surface area contributed by atoms with Gasteiger partial charge in [-0.3, -0.25) is 13.9 Å². The third-order valence-electron chi connectivity index (χ3n) is 5.89. The lowest BCUT2D eigenvalue weighted by Gasteiger charge is -2.33. The first-order valence-corrected chi connectivity index (χ1v) is 13.5. The third kappa shape index (κ3) is 7.32. The average molecular weight is 488 g/mol. The Bertz CT molecular complexity index is 1100. The van der Waals surface area contributed by atoms with E-state index in [1.54, 1.807) is 25.1 Å². The molecule has 0 radical (unpaired) electrons. The summed E-state index contributed by atoms with van der Waals surface area (Å²) in [5, 5.41) is 2.97. The van der Waals surface area contributed by atoms with E-state index < -0.39 is 22.0 Å². The first kappa shape index (κ1) is 27.4. The molecule has 0 bridgehead atoms. The molecule has 1 N–H and O–H groups in total. The second kappa shape index (κ2) is 12.0. The van der Waals surface area contributed by atoms with Crippen LogP contribution in [0, 0.1) is 13.8 Å². The normalized spacial score (nSPS) is 13.1. The highest BCUT2D eigenvalue weighted by Crippen LogP contribution is 2.23. The fourth-order valence-electron chi connectivity index (χ4n) is 3.81. The molecule has 0 fully saturated rings. The van der Waals surface area contributed by atoms with Crippen LogP contribution in [0.5, 0.6) is 0 Å². The van der Waals surface area contributed by atoms with Crippen molar-refractivity contribution in [1.82, 2.24) is 10.2 Å². The van der Waals surface area contributed by atoms with Crippen molar-refractivity contribution in [2.24, 2.45) is 0 Å². The zero-order valence-corrected chi connectivity index (χ0v) is 21.9. The highest BCUT2D eigenvalue weighted by atomic mass is 32.2. The number of aryl methyl sites for hydroxylation is 2. The summed E-state index contributed by atoms with van der Waals surface area (Å²) in [6, 6.07) is 14.0. The van der Waals surface area contributed by atoms with Crippen LogP contribution >= 0.6 is 0 Å². The second-order valence-electron chi connectivity index (χ2n) is 8.81. The van der Waals surface area contributed by atoms with Gasteiger partial charge in [-0.1, -0.05) is 61.9 Å². The predicted octanol–water partition coefficient (Wildman–Crippen LogP) is 3.79. The number of hydrogen-bond donors (Lipinski definition) is 1. The van der Waals surface area contributed by atoms with Crippen molar-refractivity contribution in [3.8, 4) is 0 Å². The number of para-hydroxylation sites is 1. The van der Waals surface area contributed by atoms with Crippen LogP contribution in [0.3, 0.4) is 0 Å². The van der Waals surface area contributed by atoms with E-state index >= 15 is 0 Å². The molecule has 0 aliphatic heterocycles. The SMILES string of the molecule is CCC(C)NC(=O)C(CC)N(Cc1cccc(C)c1)C(=O)CN(c1ccccc1C)S(C)(=O)=O. The fourth-order valence-corrected chi connectivity index (χ4v) is 4.71. The van der Waals surface area contributed by atoms with Crippen molar-refractivity contribution in [1.29, 1.82) is 0 Å². The molecule has 2 aromatic carbocycles. The minimum absolute atomic E-state index is 0.0306. The van der Waals surface area contributed by atoms with Gasteiger partial charge in [-0.05, 0) is 50.8 Å². The molecular formula is C26H37N3O4S. The Kier molecular flexibility index (Phi) is 9.67. The number of rotatable bonds is 11. The van der Waals surface area contributed by atoms with Gasteiger partial charge in [0, 0.05) is 12.6 Å². The lowest BCUT2D eigenvalue weighted by atomic mass is 10.1. The Morgan fingerprint density at radius 3 is 2.24 bits per heavy atom. The van der Waals surface area contributed by atoms with Crippen molar-refractivity contribution in [2.75, 3.05) is 17.1 Å². The van der Waals surface area contributed by atoms with Crippen molar-refractivity contribution < 1.29 is 18.0 Å². The molecule has 0 aliphatic rings. The molecule has 0 saturated heterocycles. The number of nitrogens with one attached hydrogen (secondary N) is 1. The molecule has 34 heavy (non-hydrogen) atoms. The van der Waals surface area contributed by atoms with E-state index in [4.69, 9.17) is 0 Å². The minimum atomic E-state index is -3.74. The van der Waals surface area contributed by atoms with Crippen LogP contribution in [0.2, 0.25) is 0 Å². The smallest absolute Gasteiger partial charge is 0.244 e. The fraction of sp³-hybridized carbons (Fsp3) is 0.462. The Morgan fingerprint density at radius 1 is 1.00 bits per heavy atom. The summed E-state index contributed by atoms with van der Waals surface area (Å²) in [4.78, 5) is 28.3. The van der Waals surface area contributed by atoms with Crippen LogP contribution in [0.15, 0.2) is 48.5 Å². The topological polar surface area (TPSA) is 86.8 Å². The summed E-state index contributed by atoms with van der Waals surface area (Å²) in [5.74, 6) is -0.666. The zero-order chi connectivity index (χ0) is 25.5. The number of amides is 2. The third-order valence-corrected chi connectivity index (χ3v) is 7.01. The quantitative estimate of drug-likeness (QED) is 0.522. The molecule has 0 aromatic heterocycles. The maximum absolute atomic E-state index is 13.7. The molecule has 7 nitrogen and oxygen atoms in total. The van der Waals surface area contributed by atoms with Gasteiger partial charge in [0.1, 0.15) is 12.6 Å². The molecule has 0 aliphatic carbocycles. The summed E-state index contributed by atoms with van der Waals surface area (Å²) in [6.45, 7) is 9.34. The summed E-state index contributed by atoms with van der Waals surface area (Å²) in [6.07, 6.45) is 2.26. The van der Waals surface area contributed by atoms with Gasteiger partial charge < -0.3 is 10.2 Å². The summed E-state index contributed by atoms with van der Waals surface area (Å²) in [7, 11) is -3.74. The predicted molar refractivity (Wildman–Crippen MR) is 137 cm³/mol. The minimum Gasteiger partial charge on any atom is -0.352 e. The molecule has 0 spiro atoms. The van der Waals surface area contributed by atoms with E-state index in [0.717, 1.165) is 33.7 Å². The number of hydrogen-bond acceptors (Lipinski definition) is 4. The van der Waals surface area contributed by atoms with Gasteiger partial charge in [-0.2, -0.15) is 0 Å². The van der Waals surface area contributed by atoms with E-state index in [9.17, 15) is 18.0 Å². The van der Waals surface area contributed by atoms with Crippen molar-refractivity contribution in [3.63, 3.8) is 0 Å². The first-order chi connectivity index (χ1) is 16.0. The molecule has 0 saturated carbocycles. The van der Waals surface area contributed by atoms with E-state index in [0.29, 0.717) is 12.1 Å². The molecule has 2 rings (SSSR count). The largest absolute Gasteiger partial charge is 0.352 e.